The van der Waals surface area contributed by atoms with Crippen molar-refractivity contribution in [3.8, 4) is 11.4 Å². The maximum atomic E-state index is 13.7. The number of aromatic nitrogens is 2. The van der Waals surface area contributed by atoms with Crippen molar-refractivity contribution in [3.63, 3.8) is 0 Å². The fourth-order valence-corrected chi connectivity index (χ4v) is 3.76. The molecule has 0 radical (unpaired) electrons. The number of hydrogen-bond donors (Lipinski definition) is 0. The van der Waals surface area contributed by atoms with Crippen LogP contribution >= 0.6 is 0 Å². The summed E-state index contributed by atoms with van der Waals surface area (Å²) in [4.78, 5) is 15.4. The SMILES string of the molecule is O=C(N=S(=O)(Cc1ccccc1F)C(F)(F)F)c1ccc(-c2noc(C(F)(F)F)n2)cc1. The van der Waals surface area contributed by atoms with E-state index >= 15 is 0 Å². The lowest BCUT2D eigenvalue weighted by Gasteiger charge is -2.13. The molecule has 2 aromatic carbocycles. The van der Waals surface area contributed by atoms with Crippen molar-refractivity contribution in [2.24, 2.45) is 4.36 Å². The molecule has 3 aromatic rings. The number of amides is 1. The van der Waals surface area contributed by atoms with Crippen LogP contribution in [0.25, 0.3) is 11.4 Å². The number of hydrogen-bond acceptors (Lipinski definition) is 5. The first kappa shape index (κ1) is 23.4. The number of carbonyl (C=O) groups is 1. The summed E-state index contributed by atoms with van der Waals surface area (Å²) in [7, 11) is -5.23. The van der Waals surface area contributed by atoms with Crippen LogP contribution in [-0.4, -0.2) is 25.8 Å². The third kappa shape index (κ3) is 4.95. The van der Waals surface area contributed by atoms with E-state index in [-0.39, 0.29) is 5.56 Å². The van der Waals surface area contributed by atoms with Crippen molar-refractivity contribution in [2.45, 2.75) is 17.4 Å². The molecule has 0 N–H and O–H groups in total. The van der Waals surface area contributed by atoms with Crippen molar-refractivity contribution in [2.75, 3.05) is 0 Å². The Balaban J connectivity index is 1.91. The van der Waals surface area contributed by atoms with Crippen molar-refractivity contribution < 1.29 is 44.3 Å². The van der Waals surface area contributed by atoms with E-state index in [0.717, 1.165) is 36.4 Å². The molecule has 14 heteroatoms. The zero-order valence-electron chi connectivity index (χ0n) is 15.4. The molecule has 1 unspecified atom stereocenters. The minimum atomic E-state index is -5.44. The molecule has 0 aliphatic carbocycles. The predicted molar refractivity (Wildman–Crippen MR) is 95.8 cm³/mol. The largest absolute Gasteiger partial charge is 0.480 e. The highest BCUT2D eigenvalue weighted by Crippen LogP contribution is 2.31. The Morgan fingerprint density at radius 3 is 2.16 bits per heavy atom. The summed E-state index contributed by atoms with van der Waals surface area (Å²) in [6, 6.07) is 8.26. The topological polar surface area (TPSA) is 85.4 Å². The first-order valence-corrected chi connectivity index (χ1v) is 10.1. The molecule has 0 bridgehead atoms. The van der Waals surface area contributed by atoms with Crippen LogP contribution in [0.3, 0.4) is 0 Å². The second kappa shape index (κ2) is 8.33. The molecular formula is C18H10F7N3O3S. The summed E-state index contributed by atoms with van der Waals surface area (Å²) in [5, 5.41) is 3.13. The second-order valence-electron chi connectivity index (χ2n) is 6.22. The normalized spacial score (nSPS) is 14.1. The van der Waals surface area contributed by atoms with Crippen LogP contribution in [0.15, 0.2) is 57.4 Å². The van der Waals surface area contributed by atoms with Crippen molar-refractivity contribution >= 4 is 15.6 Å². The van der Waals surface area contributed by atoms with Crippen molar-refractivity contribution in [1.29, 1.82) is 0 Å². The number of carbonyl (C=O) groups excluding carboxylic acids is 1. The first-order valence-electron chi connectivity index (χ1n) is 8.40. The maximum Gasteiger partial charge on any atom is 0.480 e. The van der Waals surface area contributed by atoms with Gasteiger partial charge in [0.15, 0.2) is 9.73 Å². The van der Waals surface area contributed by atoms with Gasteiger partial charge in [-0.05, 0) is 18.2 Å². The van der Waals surface area contributed by atoms with Crippen molar-refractivity contribution in [3.05, 3.63) is 71.4 Å². The Morgan fingerprint density at radius 2 is 1.62 bits per heavy atom. The summed E-state index contributed by atoms with van der Waals surface area (Å²) in [5.41, 5.74) is -6.47. The monoisotopic (exact) mass is 481 g/mol. The summed E-state index contributed by atoms with van der Waals surface area (Å²) < 4.78 is 111. The fourth-order valence-electron chi connectivity index (χ4n) is 2.40. The smallest absolute Gasteiger partial charge is 0.329 e. The molecule has 0 saturated heterocycles. The molecule has 3 rings (SSSR count). The highest BCUT2D eigenvalue weighted by Gasteiger charge is 2.44. The Kier molecular flexibility index (Phi) is 6.09. The Labute approximate surface area is 175 Å². The van der Waals surface area contributed by atoms with Crippen LogP contribution in [-0.2, 0) is 21.7 Å². The van der Waals surface area contributed by atoms with Gasteiger partial charge in [-0.3, -0.25) is 4.79 Å². The number of benzene rings is 2. The van der Waals surface area contributed by atoms with E-state index in [9.17, 15) is 39.7 Å². The zero-order chi connectivity index (χ0) is 23.7. The average Bonchev–Trinajstić information content (AvgIpc) is 3.20. The first-order chi connectivity index (χ1) is 14.8. The van der Waals surface area contributed by atoms with Crippen LogP contribution in [0.1, 0.15) is 21.8 Å². The zero-order valence-corrected chi connectivity index (χ0v) is 16.3. The lowest BCUT2D eigenvalue weighted by Crippen LogP contribution is -2.26. The summed E-state index contributed by atoms with van der Waals surface area (Å²) in [6.07, 6.45) is -4.88. The fraction of sp³-hybridized carbons (Fsp3) is 0.167. The molecule has 0 spiro atoms. The highest BCUT2D eigenvalue weighted by atomic mass is 32.2. The van der Waals surface area contributed by atoms with E-state index in [2.05, 4.69) is 19.0 Å². The quantitative estimate of drug-likeness (QED) is 0.477. The van der Waals surface area contributed by atoms with Gasteiger partial charge in [0.05, 0.1) is 5.75 Å². The van der Waals surface area contributed by atoms with E-state index in [1.807, 2.05) is 0 Å². The molecule has 0 aliphatic rings. The molecule has 6 nitrogen and oxygen atoms in total. The maximum absolute atomic E-state index is 13.7. The van der Waals surface area contributed by atoms with Crippen LogP contribution in [0.4, 0.5) is 30.7 Å². The van der Waals surface area contributed by atoms with Crippen LogP contribution < -0.4 is 0 Å². The molecular weight excluding hydrogens is 471 g/mol. The molecule has 1 atom stereocenters. The molecule has 0 saturated carbocycles. The number of halogens is 7. The summed E-state index contributed by atoms with van der Waals surface area (Å²) in [6.45, 7) is 0. The van der Waals surface area contributed by atoms with Crippen LogP contribution in [0.5, 0.6) is 0 Å². The molecule has 170 valence electrons. The van der Waals surface area contributed by atoms with Gasteiger partial charge in [0.1, 0.15) is 5.82 Å². The molecule has 0 aliphatic heterocycles. The predicted octanol–water partition coefficient (Wildman–Crippen LogP) is 5.22. The van der Waals surface area contributed by atoms with Gasteiger partial charge in [0, 0.05) is 16.7 Å². The van der Waals surface area contributed by atoms with Crippen LogP contribution in [0, 0.1) is 5.82 Å². The van der Waals surface area contributed by atoms with E-state index in [0.29, 0.717) is 0 Å². The minimum Gasteiger partial charge on any atom is -0.329 e. The summed E-state index contributed by atoms with van der Waals surface area (Å²) in [5.74, 6) is -6.03. The van der Waals surface area contributed by atoms with Gasteiger partial charge in [-0.2, -0.15) is 31.3 Å². The third-order valence-corrected chi connectivity index (χ3v) is 5.85. The van der Waals surface area contributed by atoms with Gasteiger partial charge in [-0.15, -0.1) is 4.36 Å². The summed E-state index contributed by atoms with van der Waals surface area (Å²) >= 11 is 0. The van der Waals surface area contributed by atoms with Gasteiger partial charge in [-0.25, -0.2) is 8.60 Å². The van der Waals surface area contributed by atoms with Gasteiger partial charge in [0.2, 0.25) is 5.82 Å². The van der Waals surface area contributed by atoms with Crippen LogP contribution in [0.2, 0.25) is 0 Å². The minimum absolute atomic E-state index is 0.0382. The Morgan fingerprint density at radius 1 is 1.00 bits per heavy atom. The van der Waals surface area contributed by atoms with E-state index < -0.39 is 61.7 Å². The van der Waals surface area contributed by atoms with E-state index in [1.54, 1.807) is 0 Å². The molecule has 1 heterocycles. The average molecular weight is 481 g/mol. The van der Waals surface area contributed by atoms with Gasteiger partial charge in [0.25, 0.3) is 5.91 Å². The third-order valence-electron chi connectivity index (χ3n) is 3.96. The van der Waals surface area contributed by atoms with Gasteiger partial charge >= 0.3 is 17.6 Å². The Hall–Kier alpha value is -3.29. The number of rotatable bonds is 4. The Bertz CT molecular complexity index is 1260. The lowest BCUT2D eigenvalue weighted by molar-refractivity contribution is -0.159. The lowest BCUT2D eigenvalue weighted by atomic mass is 10.1. The standard InChI is InChI=1S/C18H10F7N3O3S/c19-13-4-2-1-3-12(13)9-32(30,18(23,24)25)28-15(29)11-7-5-10(6-8-11)14-26-16(31-27-14)17(20,21)22/h1-8H,9H2. The van der Waals surface area contributed by atoms with E-state index in [1.165, 1.54) is 12.1 Å². The van der Waals surface area contributed by atoms with Crippen molar-refractivity contribution in [1.82, 2.24) is 10.1 Å². The molecule has 1 aromatic heterocycles. The van der Waals surface area contributed by atoms with E-state index in [4.69, 9.17) is 0 Å². The highest BCUT2D eigenvalue weighted by molar-refractivity contribution is 7.94. The van der Waals surface area contributed by atoms with Gasteiger partial charge < -0.3 is 4.52 Å². The molecule has 0 fully saturated rings. The molecule has 1 amide bonds. The second-order valence-corrected chi connectivity index (χ2v) is 8.43. The number of nitrogens with zero attached hydrogens (tertiary/aromatic N) is 3. The number of alkyl halides is 6. The van der Waals surface area contributed by atoms with Gasteiger partial charge in [-0.1, -0.05) is 35.5 Å². The molecule has 32 heavy (non-hydrogen) atoms.